The van der Waals surface area contributed by atoms with Crippen molar-refractivity contribution in [1.82, 2.24) is 8.97 Å². The molecule has 3 aromatic heterocycles. The van der Waals surface area contributed by atoms with Gasteiger partial charge in [0, 0.05) is 38.0 Å². The monoisotopic (exact) mass is 476 g/mol. The molecule has 0 saturated carbocycles. The highest BCUT2D eigenvalue weighted by atomic mass is 16.1. The van der Waals surface area contributed by atoms with Crippen LogP contribution in [0.15, 0.2) is 113 Å². The molecule has 3 heterocycles. The molecule has 0 N–H and O–H groups in total. The van der Waals surface area contributed by atoms with Crippen LogP contribution in [0.5, 0.6) is 0 Å². The highest BCUT2D eigenvalue weighted by Crippen LogP contribution is 2.36. The van der Waals surface area contributed by atoms with Gasteiger partial charge in [-0.3, -0.25) is 9.59 Å². The molecule has 0 aliphatic rings. The van der Waals surface area contributed by atoms with E-state index >= 15 is 0 Å². The Balaban J connectivity index is 1.72. The molecule has 4 nitrogen and oxygen atoms in total. The van der Waals surface area contributed by atoms with Gasteiger partial charge in [-0.1, -0.05) is 54.6 Å². The van der Waals surface area contributed by atoms with Crippen molar-refractivity contribution < 1.29 is 0 Å². The van der Waals surface area contributed by atoms with Gasteiger partial charge in [-0.05, 0) is 61.0 Å². The summed E-state index contributed by atoms with van der Waals surface area (Å²) >= 11 is 0. The number of hydrogen-bond acceptors (Lipinski definition) is 2. The van der Waals surface area contributed by atoms with Crippen LogP contribution in [0.25, 0.3) is 65.6 Å². The van der Waals surface area contributed by atoms with E-state index in [9.17, 15) is 9.59 Å². The molecule has 37 heavy (non-hydrogen) atoms. The molecule has 0 fully saturated rings. The summed E-state index contributed by atoms with van der Waals surface area (Å²) in [6, 6.07) is 34.2. The second kappa shape index (κ2) is 7.05. The number of aryl methyl sites for hydroxylation is 1. The number of hydrogen-bond donors (Lipinski definition) is 0. The van der Waals surface area contributed by atoms with Crippen molar-refractivity contribution in [3.05, 3.63) is 129 Å². The van der Waals surface area contributed by atoms with Gasteiger partial charge in [0.2, 0.25) is 0 Å². The first-order valence-corrected chi connectivity index (χ1v) is 12.4. The first kappa shape index (κ1) is 20.3. The Morgan fingerprint density at radius 1 is 0.514 bits per heavy atom. The van der Waals surface area contributed by atoms with Gasteiger partial charge in [0.1, 0.15) is 0 Å². The first-order valence-electron chi connectivity index (χ1n) is 12.4. The molecule has 8 aromatic rings. The van der Waals surface area contributed by atoms with Crippen molar-refractivity contribution in [2.24, 2.45) is 0 Å². The number of benzene rings is 5. The van der Waals surface area contributed by atoms with Crippen molar-refractivity contribution in [3.8, 4) is 5.69 Å². The van der Waals surface area contributed by atoms with E-state index in [-0.39, 0.29) is 10.9 Å². The van der Waals surface area contributed by atoms with Crippen LogP contribution in [-0.2, 0) is 0 Å². The Morgan fingerprint density at radius 3 is 2.03 bits per heavy atom. The molecule has 0 spiro atoms. The lowest BCUT2D eigenvalue weighted by Crippen LogP contribution is -2.14. The molecule has 0 bridgehead atoms. The number of fused-ring (bicyclic) bond motifs is 7. The molecule has 0 amide bonds. The van der Waals surface area contributed by atoms with E-state index in [1.54, 1.807) is 0 Å². The van der Waals surface area contributed by atoms with Crippen LogP contribution < -0.4 is 10.9 Å². The highest BCUT2D eigenvalue weighted by Gasteiger charge is 2.20. The third-order valence-electron chi connectivity index (χ3n) is 7.76. The van der Waals surface area contributed by atoms with Gasteiger partial charge in [-0.25, -0.2) is 0 Å². The van der Waals surface area contributed by atoms with Crippen LogP contribution in [-0.4, -0.2) is 8.97 Å². The molecule has 0 aliphatic heterocycles. The lowest BCUT2D eigenvalue weighted by atomic mass is 10.00. The van der Waals surface area contributed by atoms with E-state index < -0.39 is 0 Å². The van der Waals surface area contributed by atoms with Gasteiger partial charge in [-0.2, -0.15) is 0 Å². The lowest BCUT2D eigenvalue weighted by molar-refractivity contribution is 1.18. The van der Waals surface area contributed by atoms with Crippen LogP contribution in [0.4, 0.5) is 0 Å². The molecular formula is C33H20N2O2. The summed E-state index contributed by atoms with van der Waals surface area (Å²) in [5.41, 5.74) is 6.32. The topological polar surface area (TPSA) is 43.5 Å². The standard InChI is InChI=1S/C33H20N2O2/c1-19-9-7-16-27-30(19)33(37)23-14-8-13-22-31(23)35(27)29-18-28-24(17-25(29)32(22)36)21-12-5-6-15-26(21)34(28)20-10-3-2-4-11-20/h2-18H,1H3. The van der Waals surface area contributed by atoms with E-state index in [1.807, 2.05) is 79.7 Å². The molecular weight excluding hydrogens is 456 g/mol. The molecule has 0 saturated heterocycles. The molecule has 0 unspecified atom stereocenters. The SMILES string of the molecule is Cc1cccc2c1c(=O)c1cccc3c(=O)c4cc5c6ccccc6n(-c6ccccc6)c5cc4n2c31. The van der Waals surface area contributed by atoms with Gasteiger partial charge in [-0.15, -0.1) is 0 Å². The molecule has 0 aliphatic carbocycles. The number of nitrogens with zero attached hydrogens (tertiary/aromatic N) is 2. The van der Waals surface area contributed by atoms with Crippen molar-refractivity contribution in [3.63, 3.8) is 0 Å². The number of pyridine rings is 2. The largest absolute Gasteiger partial charge is 0.309 e. The molecule has 0 atom stereocenters. The van der Waals surface area contributed by atoms with E-state index in [1.165, 1.54) is 0 Å². The second-order valence-electron chi connectivity index (χ2n) is 9.74. The zero-order valence-electron chi connectivity index (χ0n) is 20.0. The summed E-state index contributed by atoms with van der Waals surface area (Å²) in [5.74, 6) is 0. The van der Waals surface area contributed by atoms with Crippen molar-refractivity contribution in [1.29, 1.82) is 0 Å². The fourth-order valence-electron chi connectivity index (χ4n) is 6.16. The van der Waals surface area contributed by atoms with Gasteiger partial charge in [0.05, 0.1) is 27.6 Å². The molecule has 0 radical (unpaired) electrons. The molecule has 174 valence electrons. The van der Waals surface area contributed by atoms with Crippen molar-refractivity contribution >= 4 is 59.9 Å². The second-order valence-corrected chi connectivity index (χ2v) is 9.74. The van der Waals surface area contributed by atoms with Crippen molar-refractivity contribution in [2.75, 3.05) is 0 Å². The molecule has 4 heteroatoms. The maximum absolute atomic E-state index is 13.9. The third kappa shape index (κ3) is 2.51. The summed E-state index contributed by atoms with van der Waals surface area (Å²) < 4.78 is 4.38. The average Bonchev–Trinajstić information content (AvgIpc) is 3.25. The Kier molecular flexibility index (Phi) is 3.86. The summed E-state index contributed by atoms with van der Waals surface area (Å²) in [7, 11) is 0. The smallest absolute Gasteiger partial charge is 0.197 e. The van der Waals surface area contributed by atoms with E-state index in [0.29, 0.717) is 27.1 Å². The van der Waals surface area contributed by atoms with Crippen LogP contribution in [0.1, 0.15) is 5.56 Å². The van der Waals surface area contributed by atoms with Crippen LogP contribution in [0, 0.1) is 6.92 Å². The highest BCUT2D eigenvalue weighted by molar-refractivity contribution is 6.16. The normalized spacial score (nSPS) is 12.1. The average molecular weight is 477 g/mol. The van der Waals surface area contributed by atoms with E-state index in [0.717, 1.165) is 44.1 Å². The first-order chi connectivity index (χ1) is 18.1. The molecule has 5 aromatic carbocycles. The number of para-hydroxylation sites is 3. The maximum Gasteiger partial charge on any atom is 0.197 e. The van der Waals surface area contributed by atoms with Crippen molar-refractivity contribution in [2.45, 2.75) is 6.92 Å². The zero-order chi connectivity index (χ0) is 24.8. The Morgan fingerprint density at radius 2 is 1.19 bits per heavy atom. The fourth-order valence-corrected chi connectivity index (χ4v) is 6.16. The summed E-state index contributed by atoms with van der Waals surface area (Å²) in [4.78, 5) is 27.6. The summed E-state index contributed by atoms with van der Waals surface area (Å²) in [5, 5.41) is 4.61. The summed E-state index contributed by atoms with van der Waals surface area (Å²) in [6.07, 6.45) is 0. The predicted molar refractivity (Wildman–Crippen MR) is 153 cm³/mol. The van der Waals surface area contributed by atoms with Crippen LogP contribution in [0.2, 0.25) is 0 Å². The fraction of sp³-hybridized carbons (Fsp3) is 0.0303. The van der Waals surface area contributed by atoms with Gasteiger partial charge in [0.15, 0.2) is 10.9 Å². The zero-order valence-corrected chi connectivity index (χ0v) is 20.0. The maximum atomic E-state index is 13.9. The number of aromatic nitrogens is 2. The minimum Gasteiger partial charge on any atom is -0.309 e. The predicted octanol–water partition coefficient (Wildman–Crippen LogP) is 6.96. The Hall–Kier alpha value is -4.96. The number of rotatable bonds is 1. The van der Waals surface area contributed by atoms with Gasteiger partial charge in [0.25, 0.3) is 0 Å². The lowest BCUT2D eigenvalue weighted by Gasteiger charge is -2.16. The van der Waals surface area contributed by atoms with Gasteiger partial charge >= 0.3 is 0 Å². The van der Waals surface area contributed by atoms with E-state index in [4.69, 9.17) is 0 Å². The summed E-state index contributed by atoms with van der Waals surface area (Å²) in [6.45, 7) is 1.97. The third-order valence-corrected chi connectivity index (χ3v) is 7.76. The van der Waals surface area contributed by atoms with E-state index in [2.05, 4.69) is 39.3 Å². The Labute approximate surface area is 210 Å². The Bertz CT molecular complexity index is 2340. The van der Waals surface area contributed by atoms with Crippen LogP contribution in [0.3, 0.4) is 0 Å². The minimum absolute atomic E-state index is 0.0306. The van der Waals surface area contributed by atoms with Gasteiger partial charge < -0.3 is 8.97 Å². The van der Waals surface area contributed by atoms with Crippen LogP contribution >= 0.6 is 0 Å². The minimum atomic E-state index is -0.0505. The molecule has 8 rings (SSSR count). The quantitative estimate of drug-likeness (QED) is 0.190.